The van der Waals surface area contributed by atoms with Gasteiger partial charge in [0, 0.05) is 12.7 Å². The average Bonchev–Trinajstić information content (AvgIpc) is 2.66. The normalized spacial score (nSPS) is 17.4. The van der Waals surface area contributed by atoms with Crippen LogP contribution in [0.15, 0.2) is 12.3 Å². The van der Waals surface area contributed by atoms with Crippen molar-refractivity contribution in [2.24, 2.45) is 5.92 Å². The first-order valence-corrected chi connectivity index (χ1v) is 5.78. The number of rotatable bonds is 5. The minimum absolute atomic E-state index is 0.241. The van der Waals surface area contributed by atoms with E-state index >= 15 is 0 Å². The van der Waals surface area contributed by atoms with E-state index < -0.39 is 5.60 Å². The number of nitrogens with zero attached hydrogens (tertiary/aromatic N) is 2. The van der Waals surface area contributed by atoms with Crippen LogP contribution < -0.4 is 0 Å². The predicted molar refractivity (Wildman–Crippen MR) is 61.5 cm³/mol. The van der Waals surface area contributed by atoms with E-state index in [4.69, 9.17) is 0 Å². The highest BCUT2D eigenvalue weighted by atomic mass is 16.3. The van der Waals surface area contributed by atoms with Crippen molar-refractivity contribution in [1.82, 2.24) is 9.78 Å². The molecule has 0 bridgehead atoms. The summed E-state index contributed by atoms with van der Waals surface area (Å²) in [5.74, 6) is 0.241. The molecule has 3 nitrogen and oxygen atoms in total. The zero-order chi connectivity index (χ0) is 11.5. The molecule has 1 aromatic rings. The summed E-state index contributed by atoms with van der Waals surface area (Å²) < 4.78 is 1.91. The van der Waals surface area contributed by atoms with Crippen molar-refractivity contribution in [3.8, 4) is 0 Å². The van der Waals surface area contributed by atoms with Crippen molar-refractivity contribution in [2.75, 3.05) is 0 Å². The standard InChI is InChI=1S/C12H22N2O/c1-5-9-14-11(7-8-13-14)12(4,15)10(3)6-2/h7-8,10,15H,5-6,9H2,1-4H3. The quantitative estimate of drug-likeness (QED) is 0.811. The van der Waals surface area contributed by atoms with Gasteiger partial charge in [-0.1, -0.05) is 27.2 Å². The lowest BCUT2D eigenvalue weighted by Gasteiger charge is -2.30. The van der Waals surface area contributed by atoms with Gasteiger partial charge >= 0.3 is 0 Å². The first-order valence-electron chi connectivity index (χ1n) is 5.78. The Morgan fingerprint density at radius 3 is 2.73 bits per heavy atom. The Morgan fingerprint density at radius 2 is 2.20 bits per heavy atom. The summed E-state index contributed by atoms with van der Waals surface area (Å²) in [6.07, 6.45) is 3.76. The maximum Gasteiger partial charge on any atom is 0.106 e. The molecule has 1 rings (SSSR count). The van der Waals surface area contributed by atoms with Crippen molar-refractivity contribution in [3.05, 3.63) is 18.0 Å². The maximum atomic E-state index is 10.5. The Morgan fingerprint density at radius 1 is 1.53 bits per heavy atom. The molecule has 1 aromatic heterocycles. The van der Waals surface area contributed by atoms with Gasteiger partial charge < -0.3 is 5.11 Å². The average molecular weight is 210 g/mol. The first-order chi connectivity index (χ1) is 7.04. The lowest BCUT2D eigenvalue weighted by molar-refractivity contribution is -0.00830. The van der Waals surface area contributed by atoms with E-state index in [1.165, 1.54) is 0 Å². The molecule has 1 N–H and O–H groups in total. The Kier molecular flexibility index (Phi) is 3.91. The van der Waals surface area contributed by atoms with Crippen LogP contribution in [0.2, 0.25) is 0 Å². The summed E-state index contributed by atoms with van der Waals surface area (Å²) in [6.45, 7) is 9.03. The molecule has 0 fully saturated rings. The summed E-state index contributed by atoms with van der Waals surface area (Å²) in [5, 5.41) is 14.7. The summed E-state index contributed by atoms with van der Waals surface area (Å²) >= 11 is 0. The molecule has 0 saturated heterocycles. The maximum absolute atomic E-state index is 10.5. The van der Waals surface area contributed by atoms with Gasteiger partial charge in [-0.05, 0) is 25.3 Å². The third kappa shape index (κ3) is 2.40. The van der Waals surface area contributed by atoms with E-state index in [2.05, 4.69) is 25.9 Å². The van der Waals surface area contributed by atoms with Crippen molar-refractivity contribution in [2.45, 2.75) is 52.7 Å². The summed E-state index contributed by atoms with van der Waals surface area (Å²) in [7, 11) is 0. The molecule has 0 radical (unpaired) electrons. The minimum Gasteiger partial charge on any atom is -0.384 e. The van der Waals surface area contributed by atoms with Crippen LogP contribution >= 0.6 is 0 Å². The van der Waals surface area contributed by atoms with Gasteiger partial charge in [-0.2, -0.15) is 5.10 Å². The second-order valence-corrected chi connectivity index (χ2v) is 4.40. The van der Waals surface area contributed by atoms with Crippen LogP contribution in [0.1, 0.15) is 46.2 Å². The fourth-order valence-corrected chi connectivity index (χ4v) is 1.80. The Hall–Kier alpha value is -0.830. The first kappa shape index (κ1) is 12.2. The van der Waals surface area contributed by atoms with E-state index in [0.29, 0.717) is 0 Å². The number of hydrogen-bond donors (Lipinski definition) is 1. The zero-order valence-electron chi connectivity index (χ0n) is 10.2. The van der Waals surface area contributed by atoms with E-state index in [-0.39, 0.29) is 5.92 Å². The molecule has 1 heterocycles. The van der Waals surface area contributed by atoms with Gasteiger partial charge in [-0.3, -0.25) is 4.68 Å². The molecule has 0 amide bonds. The molecule has 0 spiro atoms. The van der Waals surface area contributed by atoms with Crippen LogP contribution in [0.25, 0.3) is 0 Å². The lowest BCUT2D eigenvalue weighted by atomic mass is 9.86. The monoisotopic (exact) mass is 210 g/mol. The Balaban J connectivity index is 2.97. The largest absolute Gasteiger partial charge is 0.384 e. The minimum atomic E-state index is -0.777. The third-order valence-electron chi connectivity index (χ3n) is 3.24. The fourth-order valence-electron chi connectivity index (χ4n) is 1.80. The molecule has 3 heteroatoms. The third-order valence-corrected chi connectivity index (χ3v) is 3.24. The number of hydrogen-bond acceptors (Lipinski definition) is 2. The van der Waals surface area contributed by atoms with Gasteiger partial charge in [0.25, 0.3) is 0 Å². The predicted octanol–water partition coefficient (Wildman–Crippen LogP) is 2.55. The summed E-state index contributed by atoms with van der Waals surface area (Å²) in [6, 6.07) is 1.92. The molecule has 86 valence electrons. The number of aromatic nitrogens is 2. The van der Waals surface area contributed by atoms with Gasteiger partial charge in [0.2, 0.25) is 0 Å². The van der Waals surface area contributed by atoms with Crippen molar-refractivity contribution < 1.29 is 5.11 Å². The lowest BCUT2D eigenvalue weighted by Crippen LogP contribution is -2.32. The van der Waals surface area contributed by atoms with E-state index in [1.54, 1.807) is 6.20 Å². The summed E-state index contributed by atoms with van der Waals surface area (Å²) in [4.78, 5) is 0. The highest BCUT2D eigenvalue weighted by molar-refractivity contribution is 5.11. The molecular weight excluding hydrogens is 188 g/mol. The van der Waals surface area contributed by atoms with Gasteiger partial charge in [0.1, 0.15) is 5.60 Å². The van der Waals surface area contributed by atoms with Gasteiger partial charge in [0.15, 0.2) is 0 Å². The molecule has 0 aliphatic heterocycles. The molecule has 15 heavy (non-hydrogen) atoms. The van der Waals surface area contributed by atoms with Gasteiger partial charge in [-0.15, -0.1) is 0 Å². The number of aryl methyl sites for hydroxylation is 1. The van der Waals surface area contributed by atoms with Crippen molar-refractivity contribution in [3.63, 3.8) is 0 Å². The molecule has 2 unspecified atom stereocenters. The molecular formula is C12H22N2O. The van der Waals surface area contributed by atoms with Crippen LogP contribution in [0.3, 0.4) is 0 Å². The molecule has 0 aromatic carbocycles. The second kappa shape index (κ2) is 4.79. The van der Waals surface area contributed by atoms with E-state index in [0.717, 1.165) is 25.1 Å². The van der Waals surface area contributed by atoms with Crippen molar-refractivity contribution >= 4 is 0 Å². The van der Waals surface area contributed by atoms with E-state index in [1.807, 2.05) is 17.7 Å². The van der Waals surface area contributed by atoms with Crippen LogP contribution in [0.5, 0.6) is 0 Å². The van der Waals surface area contributed by atoms with Crippen LogP contribution in [-0.4, -0.2) is 14.9 Å². The van der Waals surface area contributed by atoms with Crippen LogP contribution in [0, 0.1) is 5.92 Å². The topological polar surface area (TPSA) is 38.0 Å². The molecule has 0 aliphatic carbocycles. The van der Waals surface area contributed by atoms with Gasteiger partial charge in [-0.25, -0.2) is 0 Å². The van der Waals surface area contributed by atoms with Crippen molar-refractivity contribution in [1.29, 1.82) is 0 Å². The zero-order valence-corrected chi connectivity index (χ0v) is 10.2. The highest BCUT2D eigenvalue weighted by Gasteiger charge is 2.32. The Labute approximate surface area is 92.1 Å². The SMILES string of the molecule is CCCn1nccc1C(C)(O)C(C)CC. The number of aliphatic hydroxyl groups is 1. The fraction of sp³-hybridized carbons (Fsp3) is 0.750. The highest BCUT2D eigenvalue weighted by Crippen LogP contribution is 2.30. The molecule has 0 aliphatic rings. The molecule has 0 saturated carbocycles. The molecule has 2 atom stereocenters. The summed E-state index contributed by atoms with van der Waals surface area (Å²) in [5.41, 5.74) is 0.152. The second-order valence-electron chi connectivity index (χ2n) is 4.40. The van der Waals surface area contributed by atoms with E-state index in [9.17, 15) is 5.11 Å². The Bertz CT molecular complexity index is 304. The smallest absolute Gasteiger partial charge is 0.106 e. The van der Waals surface area contributed by atoms with Crippen LogP contribution in [-0.2, 0) is 12.1 Å². The van der Waals surface area contributed by atoms with Gasteiger partial charge in [0.05, 0.1) is 5.69 Å². The van der Waals surface area contributed by atoms with Crippen LogP contribution in [0.4, 0.5) is 0 Å².